The third-order valence-electron chi connectivity index (χ3n) is 3.63. The van der Waals surface area contributed by atoms with E-state index in [-0.39, 0.29) is 0 Å². The Balaban J connectivity index is 1.82. The van der Waals surface area contributed by atoms with Gasteiger partial charge in [0, 0.05) is 12.5 Å². The molecule has 1 aliphatic carbocycles. The van der Waals surface area contributed by atoms with Crippen molar-refractivity contribution < 1.29 is 4.79 Å². The Kier molecular flexibility index (Phi) is 4.54. The van der Waals surface area contributed by atoms with Crippen molar-refractivity contribution in [1.29, 1.82) is 0 Å². The average Bonchev–Trinajstić information content (AvgIpc) is 2.77. The van der Waals surface area contributed by atoms with Gasteiger partial charge in [0.15, 0.2) is 5.78 Å². The first-order valence-electron chi connectivity index (χ1n) is 6.96. The predicted molar refractivity (Wildman–Crippen MR) is 74.9 cm³/mol. The number of aryl methyl sites for hydroxylation is 2. The molecule has 1 aromatic rings. The summed E-state index contributed by atoms with van der Waals surface area (Å²) in [5, 5.41) is 3.38. The van der Waals surface area contributed by atoms with Gasteiger partial charge in [0.05, 0.1) is 6.54 Å². The Morgan fingerprint density at radius 3 is 2.39 bits per heavy atom. The number of benzene rings is 1. The van der Waals surface area contributed by atoms with E-state index in [0.717, 1.165) is 5.56 Å². The van der Waals surface area contributed by atoms with Crippen LogP contribution in [-0.2, 0) is 11.2 Å². The molecule has 2 rings (SSSR count). The van der Waals surface area contributed by atoms with Crippen LogP contribution in [0.3, 0.4) is 0 Å². The standard InChI is InChI=1S/C16H23NO/c1-12-7-13(2)9-14(8-12)10-16(18)11-17-15-5-3-4-6-15/h7-9,15,17H,3-6,10-11H2,1-2H3. The van der Waals surface area contributed by atoms with Crippen LogP contribution in [0.5, 0.6) is 0 Å². The van der Waals surface area contributed by atoms with E-state index in [4.69, 9.17) is 0 Å². The highest BCUT2D eigenvalue weighted by atomic mass is 16.1. The molecule has 0 radical (unpaired) electrons. The summed E-state index contributed by atoms with van der Waals surface area (Å²) >= 11 is 0. The van der Waals surface area contributed by atoms with Crippen molar-refractivity contribution in [3.8, 4) is 0 Å². The Morgan fingerprint density at radius 1 is 1.17 bits per heavy atom. The summed E-state index contributed by atoms with van der Waals surface area (Å²) in [5.74, 6) is 0.298. The summed E-state index contributed by atoms with van der Waals surface area (Å²) in [4.78, 5) is 11.9. The number of nitrogens with one attached hydrogen (secondary N) is 1. The summed E-state index contributed by atoms with van der Waals surface area (Å²) in [6.45, 7) is 4.69. The maximum Gasteiger partial charge on any atom is 0.150 e. The van der Waals surface area contributed by atoms with E-state index in [1.54, 1.807) is 0 Å². The average molecular weight is 245 g/mol. The molecule has 0 amide bonds. The fourth-order valence-corrected chi connectivity index (χ4v) is 2.85. The van der Waals surface area contributed by atoms with E-state index in [9.17, 15) is 4.79 Å². The lowest BCUT2D eigenvalue weighted by Crippen LogP contribution is -2.32. The van der Waals surface area contributed by atoms with E-state index in [1.807, 2.05) is 0 Å². The number of hydrogen-bond donors (Lipinski definition) is 1. The van der Waals surface area contributed by atoms with Crippen molar-refractivity contribution in [2.24, 2.45) is 0 Å². The largest absolute Gasteiger partial charge is 0.307 e. The van der Waals surface area contributed by atoms with Crippen molar-refractivity contribution in [3.63, 3.8) is 0 Å². The van der Waals surface area contributed by atoms with Crippen molar-refractivity contribution in [2.75, 3.05) is 6.54 Å². The Morgan fingerprint density at radius 2 is 1.78 bits per heavy atom. The Labute approximate surface area is 110 Å². The molecule has 1 aromatic carbocycles. The minimum Gasteiger partial charge on any atom is -0.307 e. The second kappa shape index (κ2) is 6.14. The fourth-order valence-electron chi connectivity index (χ4n) is 2.85. The Bertz CT molecular complexity index is 399. The predicted octanol–water partition coefficient (Wildman–Crippen LogP) is 2.95. The number of carbonyl (C=O) groups is 1. The minimum absolute atomic E-state index is 0.298. The Hall–Kier alpha value is -1.15. The quantitative estimate of drug-likeness (QED) is 0.864. The normalized spacial score (nSPS) is 16.1. The molecule has 0 spiro atoms. The van der Waals surface area contributed by atoms with Crippen molar-refractivity contribution in [3.05, 3.63) is 34.9 Å². The SMILES string of the molecule is Cc1cc(C)cc(CC(=O)CNC2CCCC2)c1. The van der Waals surface area contributed by atoms with Crippen LogP contribution < -0.4 is 5.32 Å². The lowest BCUT2D eigenvalue weighted by Gasteiger charge is -2.11. The van der Waals surface area contributed by atoms with Crippen LogP contribution in [0.4, 0.5) is 0 Å². The van der Waals surface area contributed by atoms with Crippen LogP contribution in [0.15, 0.2) is 18.2 Å². The molecule has 1 aliphatic rings. The highest BCUT2D eigenvalue weighted by Crippen LogP contribution is 2.17. The molecule has 0 heterocycles. The van der Waals surface area contributed by atoms with Gasteiger partial charge in [-0.05, 0) is 32.3 Å². The molecule has 18 heavy (non-hydrogen) atoms. The highest BCUT2D eigenvalue weighted by Gasteiger charge is 2.15. The molecule has 0 aromatic heterocycles. The van der Waals surface area contributed by atoms with Crippen LogP contribution in [0.1, 0.15) is 42.4 Å². The number of hydrogen-bond acceptors (Lipinski definition) is 2. The number of carbonyl (C=O) groups excluding carboxylic acids is 1. The van der Waals surface area contributed by atoms with E-state index >= 15 is 0 Å². The van der Waals surface area contributed by atoms with Crippen molar-refractivity contribution in [2.45, 2.75) is 52.0 Å². The summed E-state index contributed by atoms with van der Waals surface area (Å²) in [5.41, 5.74) is 3.62. The summed E-state index contributed by atoms with van der Waals surface area (Å²) in [7, 11) is 0. The first-order chi connectivity index (χ1) is 8.63. The molecule has 98 valence electrons. The monoisotopic (exact) mass is 245 g/mol. The molecule has 0 unspecified atom stereocenters. The van der Waals surface area contributed by atoms with Crippen LogP contribution in [0.25, 0.3) is 0 Å². The van der Waals surface area contributed by atoms with Gasteiger partial charge in [-0.3, -0.25) is 4.79 Å². The molecule has 1 saturated carbocycles. The summed E-state index contributed by atoms with van der Waals surface area (Å²) in [6, 6.07) is 6.94. The molecule has 0 saturated heterocycles. The zero-order chi connectivity index (χ0) is 13.0. The molecule has 1 fully saturated rings. The van der Waals surface area contributed by atoms with Crippen molar-refractivity contribution >= 4 is 5.78 Å². The van der Waals surface area contributed by atoms with Crippen LogP contribution >= 0.6 is 0 Å². The summed E-state index contributed by atoms with van der Waals surface area (Å²) in [6.07, 6.45) is 5.64. The van der Waals surface area contributed by atoms with E-state index in [1.165, 1.54) is 36.8 Å². The lowest BCUT2D eigenvalue weighted by atomic mass is 10.0. The smallest absolute Gasteiger partial charge is 0.150 e. The minimum atomic E-state index is 0.298. The number of Topliss-reactive ketones (excluding diaryl/α,β-unsaturated/α-hetero) is 1. The zero-order valence-corrected chi connectivity index (χ0v) is 11.5. The van der Waals surface area contributed by atoms with Gasteiger partial charge in [-0.1, -0.05) is 42.2 Å². The molecule has 2 nitrogen and oxygen atoms in total. The van der Waals surface area contributed by atoms with Gasteiger partial charge in [0.1, 0.15) is 0 Å². The molecule has 0 bridgehead atoms. The molecule has 2 heteroatoms. The van der Waals surface area contributed by atoms with Crippen LogP contribution in [-0.4, -0.2) is 18.4 Å². The molecule has 1 N–H and O–H groups in total. The summed E-state index contributed by atoms with van der Waals surface area (Å²) < 4.78 is 0. The maximum atomic E-state index is 11.9. The topological polar surface area (TPSA) is 29.1 Å². The molecule has 0 atom stereocenters. The van der Waals surface area contributed by atoms with Gasteiger partial charge < -0.3 is 5.32 Å². The van der Waals surface area contributed by atoms with Crippen LogP contribution in [0.2, 0.25) is 0 Å². The third-order valence-corrected chi connectivity index (χ3v) is 3.63. The van der Waals surface area contributed by atoms with Gasteiger partial charge in [-0.15, -0.1) is 0 Å². The fraction of sp³-hybridized carbons (Fsp3) is 0.562. The van der Waals surface area contributed by atoms with Gasteiger partial charge in [0.25, 0.3) is 0 Å². The number of rotatable bonds is 5. The molecular weight excluding hydrogens is 222 g/mol. The number of ketones is 1. The second-order valence-corrected chi connectivity index (χ2v) is 5.57. The van der Waals surface area contributed by atoms with Gasteiger partial charge in [-0.25, -0.2) is 0 Å². The van der Waals surface area contributed by atoms with E-state index < -0.39 is 0 Å². The maximum absolute atomic E-state index is 11.9. The van der Waals surface area contributed by atoms with Crippen LogP contribution in [0, 0.1) is 13.8 Å². The highest BCUT2D eigenvalue weighted by molar-refractivity contribution is 5.82. The van der Waals surface area contributed by atoms with Gasteiger partial charge in [-0.2, -0.15) is 0 Å². The van der Waals surface area contributed by atoms with Gasteiger partial charge >= 0.3 is 0 Å². The van der Waals surface area contributed by atoms with E-state index in [2.05, 4.69) is 37.4 Å². The lowest BCUT2D eigenvalue weighted by molar-refractivity contribution is -0.117. The zero-order valence-electron chi connectivity index (χ0n) is 11.5. The van der Waals surface area contributed by atoms with Crippen molar-refractivity contribution in [1.82, 2.24) is 5.32 Å². The molecular formula is C16H23NO. The third kappa shape index (κ3) is 3.95. The van der Waals surface area contributed by atoms with Gasteiger partial charge in [0.2, 0.25) is 0 Å². The first kappa shape index (κ1) is 13.3. The second-order valence-electron chi connectivity index (χ2n) is 5.57. The first-order valence-corrected chi connectivity index (χ1v) is 6.96. The van der Waals surface area contributed by atoms with E-state index in [0.29, 0.717) is 24.8 Å². The molecule has 0 aliphatic heterocycles.